The van der Waals surface area contributed by atoms with Gasteiger partial charge in [0.05, 0.1) is 17.6 Å². The van der Waals surface area contributed by atoms with E-state index < -0.39 is 0 Å². The van der Waals surface area contributed by atoms with Gasteiger partial charge in [0.15, 0.2) is 5.78 Å². The van der Waals surface area contributed by atoms with E-state index in [9.17, 15) is 4.79 Å². The molecule has 0 aliphatic heterocycles. The fraction of sp³-hybridized carbons (Fsp3) is 0.158. The van der Waals surface area contributed by atoms with Gasteiger partial charge in [-0.05, 0) is 54.8 Å². The van der Waals surface area contributed by atoms with Gasteiger partial charge in [-0.2, -0.15) is 5.26 Å². The number of carbonyl (C=O) groups is 1. The van der Waals surface area contributed by atoms with Gasteiger partial charge < -0.3 is 0 Å². The molecular formula is C19H16BrNO. The quantitative estimate of drug-likeness (QED) is 0.549. The van der Waals surface area contributed by atoms with Crippen molar-refractivity contribution < 1.29 is 4.79 Å². The van der Waals surface area contributed by atoms with Gasteiger partial charge in [0.2, 0.25) is 0 Å². The first kappa shape index (κ1) is 16.2. The van der Waals surface area contributed by atoms with E-state index in [-0.39, 0.29) is 11.7 Å². The summed E-state index contributed by atoms with van der Waals surface area (Å²) in [5.74, 6) is -0.193. The van der Waals surface area contributed by atoms with E-state index in [0.717, 1.165) is 15.6 Å². The highest BCUT2D eigenvalue weighted by Gasteiger charge is 2.22. The first-order valence-corrected chi connectivity index (χ1v) is 7.77. The molecule has 0 saturated heterocycles. The number of hydrogen-bond donors (Lipinski definition) is 0. The Kier molecular flexibility index (Phi) is 5.30. The van der Waals surface area contributed by atoms with Crippen molar-refractivity contribution in [2.24, 2.45) is 0 Å². The third kappa shape index (κ3) is 3.52. The summed E-state index contributed by atoms with van der Waals surface area (Å²) >= 11 is 3.41. The summed E-state index contributed by atoms with van der Waals surface area (Å²) in [7, 11) is 0. The molecule has 0 aromatic heterocycles. The minimum absolute atomic E-state index is 0.0595. The highest BCUT2D eigenvalue weighted by Crippen LogP contribution is 2.27. The Morgan fingerprint density at radius 1 is 1.32 bits per heavy atom. The Morgan fingerprint density at radius 3 is 2.55 bits per heavy atom. The van der Waals surface area contributed by atoms with Crippen LogP contribution >= 0.6 is 15.9 Å². The molecule has 0 N–H and O–H groups in total. The smallest absolute Gasteiger partial charge is 0.170 e. The van der Waals surface area contributed by atoms with Crippen LogP contribution in [0.5, 0.6) is 0 Å². The van der Waals surface area contributed by atoms with Crippen LogP contribution in [0, 0.1) is 18.3 Å². The zero-order valence-corrected chi connectivity index (χ0v) is 13.9. The lowest BCUT2D eigenvalue weighted by atomic mass is 9.86. The van der Waals surface area contributed by atoms with Crippen LogP contribution in [0.25, 0.3) is 0 Å². The van der Waals surface area contributed by atoms with Crippen LogP contribution in [0.15, 0.2) is 59.6 Å². The highest BCUT2D eigenvalue weighted by atomic mass is 79.9. The molecule has 2 aromatic rings. The van der Waals surface area contributed by atoms with Gasteiger partial charge in [-0.1, -0.05) is 34.1 Å². The maximum atomic E-state index is 12.9. The zero-order chi connectivity index (χ0) is 16.1. The van der Waals surface area contributed by atoms with Crippen molar-refractivity contribution >= 4 is 21.7 Å². The maximum absolute atomic E-state index is 12.9. The summed E-state index contributed by atoms with van der Waals surface area (Å²) in [4.78, 5) is 12.9. The Morgan fingerprint density at radius 2 is 2.00 bits per heavy atom. The van der Waals surface area contributed by atoms with Crippen LogP contribution < -0.4 is 0 Å². The van der Waals surface area contributed by atoms with Gasteiger partial charge in [0.1, 0.15) is 0 Å². The average Bonchev–Trinajstić information content (AvgIpc) is 2.53. The largest absolute Gasteiger partial charge is 0.293 e. The van der Waals surface area contributed by atoms with Crippen molar-refractivity contribution in [3.05, 3.63) is 81.8 Å². The fourth-order valence-corrected chi connectivity index (χ4v) is 2.72. The number of nitrogens with zero attached hydrogens (tertiary/aromatic N) is 1. The van der Waals surface area contributed by atoms with Crippen LogP contribution in [-0.2, 0) is 0 Å². The van der Waals surface area contributed by atoms with E-state index >= 15 is 0 Å². The number of allylic oxidation sites excluding steroid dienone is 1. The minimum atomic E-state index is -0.253. The molecular weight excluding hydrogens is 338 g/mol. The normalized spacial score (nSPS) is 11.5. The summed E-state index contributed by atoms with van der Waals surface area (Å²) in [6, 6.07) is 15.0. The van der Waals surface area contributed by atoms with Gasteiger partial charge in [0.25, 0.3) is 0 Å². The maximum Gasteiger partial charge on any atom is 0.170 e. The zero-order valence-electron chi connectivity index (χ0n) is 12.3. The van der Waals surface area contributed by atoms with Crippen LogP contribution in [0.2, 0.25) is 0 Å². The number of ketones is 1. The highest BCUT2D eigenvalue weighted by molar-refractivity contribution is 9.10. The van der Waals surface area contributed by atoms with Crippen molar-refractivity contribution in [3.8, 4) is 6.07 Å². The number of benzene rings is 2. The lowest BCUT2D eigenvalue weighted by molar-refractivity contribution is 0.0959. The van der Waals surface area contributed by atoms with E-state index in [1.54, 1.807) is 24.3 Å². The van der Waals surface area contributed by atoms with Gasteiger partial charge in [0, 0.05) is 10.0 Å². The van der Waals surface area contributed by atoms with Gasteiger partial charge in [-0.25, -0.2) is 0 Å². The molecule has 2 aromatic carbocycles. The molecule has 0 aliphatic carbocycles. The van der Waals surface area contributed by atoms with Gasteiger partial charge in [-0.15, -0.1) is 6.58 Å². The molecule has 2 nitrogen and oxygen atoms in total. The molecule has 0 radical (unpaired) electrons. The number of halogens is 1. The molecule has 3 heteroatoms. The molecule has 1 unspecified atom stereocenters. The molecule has 0 saturated carbocycles. The lowest BCUT2D eigenvalue weighted by Gasteiger charge is -2.16. The first-order chi connectivity index (χ1) is 10.6. The second kappa shape index (κ2) is 7.20. The molecule has 0 amide bonds. The second-order valence-electron chi connectivity index (χ2n) is 5.13. The van der Waals surface area contributed by atoms with Crippen LogP contribution in [0.3, 0.4) is 0 Å². The molecule has 0 bridgehead atoms. The van der Waals surface area contributed by atoms with Crippen LogP contribution in [0.4, 0.5) is 0 Å². The van der Waals surface area contributed by atoms with E-state index in [1.165, 1.54) is 0 Å². The Bertz CT molecular complexity index is 741. The third-order valence-corrected chi connectivity index (χ3v) is 4.14. The van der Waals surface area contributed by atoms with Crippen LogP contribution in [-0.4, -0.2) is 5.78 Å². The molecule has 2 rings (SSSR count). The number of Topliss-reactive ketones (excluding diaryl/α,β-unsaturated/α-hetero) is 1. The standard InChI is InChI=1S/C19H16BrNO/c1-3-4-18(15-6-8-16(20)9-7-15)19(22)17-10-5-14(12-21)11-13(17)2/h3,5-11,18H,1,4H2,2H3. The average molecular weight is 354 g/mol. The summed E-state index contributed by atoms with van der Waals surface area (Å²) in [6.07, 6.45) is 2.35. The molecule has 0 heterocycles. The summed E-state index contributed by atoms with van der Waals surface area (Å²) < 4.78 is 0.982. The molecule has 22 heavy (non-hydrogen) atoms. The second-order valence-corrected chi connectivity index (χ2v) is 6.05. The number of carbonyl (C=O) groups excluding carboxylic acids is 1. The van der Waals surface area contributed by atoms with Crippen molar-refractivity contribution in [3.63, 3.8) is 0 Å². The summed E-state index contributed by atoms with van der Waals surface area (Å²) in [5.41, 5.74) is 3.03. The predicted octanol–water partition coefficient (Wildman–Crippen LogP) is 5.17. The van der Waals surface area contributed by atoms with Gasteiger partial charge in [-0.3, -0.25) is 4.79 Å². The summed E-state index contributed by atoms with van der Waals surface area (Å²) in [6.45, 7) is 5.63. The Hall–Kier alpha value is -2.18. The lowest BCUT2D eigenvalue weighted by Crippen LogP contribution is -2.14. The number of aryl methyl sites for hydroxylation is 1. The van der Waals surface area contributed by atoms with E-state index in [1.807, 2.05) is 31.2 Å². The van der Waals surface area contributed by atoms with Crippen molar-refractivity contribution in [2.75, 3.05) is 0 Å². The Labute approximate surface area is 139 Å². The van der Waals surface area contributed by atoms with Crippen molar-refractivity contribution in [2.45, 2.75) is 19.3 Å². The van der Waals surface area contributed by atoms with E-state index in [2.05, 4.69) is 28.6 Å². The van der Waals surface area contributed by atoms with E-state index in [4.69, 9.17) is 5.26 Å². The Balaban J connectivity index is 2.40. The predicted molar refractivity (Wildman–Crippen MR) is 91.9 cm³/mol. The molecule has 0 fully saturated rings. The topological polar surface area (TPSA) is 40.9 Å². The number of rotatable bonds is 5. The monoisotopic (exact) mass is 353 g/mol. The van der Waals surface area contributed by atoms with Crippen LogP contribution in [0.1, 0.15) is 39.4 Å². The third-order valence-electron chi connectivity index (χ3n) is 3.61. The minimum Gasteiger partial charge on any atom is -0.293 e. The fourth-order valence-electron chi connectivity index (χ4n) is 2.45. The van der Waals surface area contributed by atoms with Gasteiger partial charge >= 0.3 is 0 Å². The number of nitriles is 1. The molecule has 110 valence electrons. The van der Waals surface area contributed by atoms with E-state index in [0.29, 0.717) is 17.5 Å². The number of hydrogen-bond acceptors (Lipinski definition) is 2. The molecule has 1 atom stereocenters. The summed E-state index contributed by atoms with van der Waals surface area (Å²) in [5, 5.41) is 8.94. The SMILES string of the molecule is C=CCC(C(=O)c1ccc(C#N)cc1C)c1ccc(Br)cc1. The van der Waals surface area contributed by atoms with Crippen molar-refractivity contribution in [1.29, 1.82) is 5.26 Å². The van der Waals surface area contributed by atoms with Crippen molar-refractivity contribution in [1.82, 2.24) is 0 Å². The molecule has 0 aliphatic rings. The molecule has 0 spiro atoms. The first-order valence-electron chi connectivity index (χ1n) is 6.98.